The van der Waals surface area contributed by atoms with Crippen molar-refractivity contribution in [2.45, 2.75) is 61.6 Å². The first-order valence-corrected chi connectivity index (χ1v) is 10.2. The van der Waals surface area contributed by atoms with E-state index in [0.29, 0.717) is 10.9 Å². The Morgan fingerprint density at radius 3 is 2.43 bits per heavy atom. The molecule has 0 bridgehead atoms. The molecule has 5 heteroatoms. The molecule has 2 fully saturated rings. The van der Waals surface area contributed by atoms with Gasteiger partial charge in [0.2, 0.25) is 0 Å². The van der Waals surface area contributed by atoms with Crippen molar-refractivity contribution in [3.8, 4) is 0 Å². The molecule has 2 aliphatic rings. The standard InChI is InChI=1S/C16H23BrN2OS/c1-11-2-4-12(5-3-11)19-16-9-8-14(10-15(16)17)21(18,20)13-6-7-13/h8-13,18-19H,2-7H2,1H3. The fourth-order valence-corrected chi connectivity index (χ4v) is 5.41. The molecule has 0 amide bonds. The number of nitrogens with one attached hydrogen (secondary N) is 2. The van der Waals surface area contributed by atoms with Gasteiger partial charge in [-0.2, -0.15) is 0 Å². The van der Waals surface area contributed by atoms with Gasteiger partial charge < -0.3 is 5.32 Å². The van der Waals surface area contributed by atoms with E-state index < -0.39 is 9.73 Å². The minimum absolute atomic E-state index is 0.0723. The minimum atomic E-state index is -2.60. The lowest BCUT2D eigenvalue weighted by Gasteiger charge is -2.28. The molecule has 0 aromatic heterocycles. The summed E-state index contributed by atoms with van der Waals surface area (Å²) < 4.78 is 21.5. The Labute approximate surface area is 136 Å². The Kier molecular flexibility index (Phi) is 4.33. The summed E-state index contributed by atoms with van der Waals surface area (Å²) in [7, 11) is -2.60. The normalized spacial score (nSPS) is 28.9. The molecule has 3 rings (SSSR count). The summed E-state index contributed by atoms with van der Waals surface area (Å²) >= 11 is 3.58. The maximum atomic E-state index is 12.5. The van der Waals surface area contributed by atoms with Crippen LogP contribution in [0.1, 0.15) is 45.4 Å². The third kappa shape index (κ3) is 3.45. The summed E-state index contributed by atoms with van der Waals surface area (Å²) in [5.74, 6) is 0.848. The Balaban J connectivity index is 1.73. The van der Waals surface area contributed by atoms with Crippen molar-refractivity contribution < 1.29 is 4.21 Å². The first kappa shape index (κ1) is 15.3. The van der Waals surface area contributed by atoms with E-state index >= 15 is 0 Å². The SMILES string of the molecule is CC1CCC(Nc2ccc(S(=N)(=O)C3CC3)cc2Br)CC1. The molecule has 1 aromatic carbocycles. The Hall–Kier alpha value is -0.550. The Morgan fingerprint density at radius 2 is 1.86 bits per heavy atom. The molecule has 0 radical (unpaired) electrons. The lowest BCUT2D eigenvalue weighted by atomic mass is 9.87. The second kappa shape index (κ2) is 5.92. The van der Waals surface area contributed by atoms with Crippen LogP contribution in [-0.2, 0) is 9.73 Å². The number of hydrogen-bond acceptors (Lipinski definition) is 3. The van der Waals surface area contributed by atoms with Crippen LogP contribution >= 0.6 is 15.9 Å². The second-order valence-electron chi connectivity index (χ2n) is 6.54. The molecule has 0 heterocycles. The van der Waals surface area contributed by atoms with Gasteiger partial charge in [0.15, 0.2) is 0 Å². The lowest BCUT2D eigenvalue weighted by molar-refractivity contribution is 0.361. The highest BCUT2D eigenvalue weighted by Gasteiger charge is 2.34. The quantitative estimate of drug-likeness (QED) is 0.782. The van der Waals surface area contributed by atoms with Crippen molar-refractivity contribution in [2.24, 2.45) is 5.92 Å². The average Bonchev–Trinajstić information content (AvgIpc) is 3.28. The van der Waals surface area contributed by atoms with Gasteiger partial charge in [0.1, 0.15) is 0 Å². The monoisotopic (exact) mass is 370 g/mol. The topological polar surface area (TPSA) is 53.0 Å². The van der Waals surface area contributed by atoms with Crippen molar-refractivity contribution in [3.05, 3.63) is 22.7 Å². The van der Waals surface area contributed by atoms with Gasteiger partial charge >= 0.3 is 0 Å². The van der Waals surface area contributed by atoms with Gasteiger partial charge in [-0.1, -0.05) is 6.92 Å². The van der Waals surface area contributed by atoms with Crippen LogP contribution in [-0.4, -0.2) is 15.5 Å². The van der Waals surface area contributed by atoms with Crippen molar-refractivity contribution in [3.63, 3.8) is 0 Å². The van der Waals surface area contributed by atoms with Crippen molar-refractivity contribution in [1.82, 2.24) is 0 Å². The largest absolute Gasteiger partial charge is 0.381 e. The van der Waals surface area contributed by atoms with Crippen LogP contribution in [0, 0.1) is 10.7 Å². The lowest BCUT2D eigenvalue weighted by Crippen LogP contribution is -2.25. The molecule has 2 N–H and O–H groups in total. The second-order valence-corrected chi connectivity index (χ2v) is 9.74. The summed E-state index contributed by atoms with van der Waals surface area (Å²) in [4.78, 5) is 0.666. The van der Waals surface area contributed by atoms with Gasteiger partial charge in [0.25, 0.3) is 0 Å². The van der Waals surface area contributed by atoms with Gasteiger partial charge in [0.05, 0.1) is 9.73 Å². The average molecular weight is 371 g/mol. The Bertz CT molecular complexity index is 617. The number of anilines is 1. The molecule has 0 aliphatic heterocycles. The fraction of sp³-hybridized carbons (Fsp3) is 0.625. The molecule has 1 aromatic rings. The molecule has 3 nitrogen and oxygen atoms in total. The zero-order valence-electron chi connectivity index (χ0n) is 12.4. The van der Waals surface area contributed by atoms with E-state index in [1.165, 1.54) is 25.7 Å². The summed E-state index contributed by atoms with van der Waals surface area (Å²) in [6.45, 7) is 2.32. The number of benzene rings is 1. The zero-order chi connectivity index (χ0) is 15.0. The molecule has 21 heavy (non-hydrogen) atoms. The minimum Gasteiger partial charge on any atom is -0.381 e. The van der Waals surface area contributed by atoms with Crippen LogP contribution < -0.4 is 5.32 Å². The highest BCUT2D eigenvalue weighted by molar-refractivity contribution is 9.10. The third-order valence-electron chi connectivity index (χ3n) is 4.66. The van der Waals surface area contributed by atoms with Crippen LogP contribution in [0.25, 0.3) is 0 Å². The number of rotatable bonds is 4. The molecule has 0 spiro atoms. The zero-order valence-corrected chi connectivity index (χ0v) is 14.8. The molecular formula is C16H23BrN2OS. The van der Waals surface area contributed by atoms with E-state index in [9.17, 15) is 4.21 Å². The summed E-state index contributed by atoms with van der Waals surface area (Å²) in [5.41, 5.74) is 1.06. The van der Waals surface area contributed by atoms with Crippen LogP contribution in [0.5, 0.6) is 0 Å². The molecule has 1 atom stereocenters. The van der Waals surface area contributed by atoms with Crippen LogP contribution in [0.15, 0.2) is 27.6 Å². The van der Waals surface area contributed by atoms with Crippen molar-refractivity contribution in [2.75, 3.05) is 5.32 Å². The van der Waals surface area contributed by atoms with Crippen LogP contribution in [0.2, 0.25) is 0 Å². The smallest absolute Gasteiger partial charge is 0.0755 e. The first-order chi connectivity index (χ1) is 9.96. The molecule has 2 aliphatic carbocycles. The third-order valence-corrected chi connectivity index (χ3v) is 7.68. The van der Waals surface area contributed by atoms with Gasteiger partial charge in [-0.15, -0.1) is 0 Å². The molecule has 0 saturated heterocycles. The maximum absolute atomic E-state index is 12.5. The highest BCUT2D eigenvalue weighted by atomic mass is 79.9. The van der Waals surface area contributed by atoms with Gasteiger partial charge in [-0.25, -0.2) is 8.99 Å². The van der Waals surface area contributed by atoms with E-state index in [1.807, 2.05) is 18.2 Å². The summed E-state index contributed by atoms with van der Waals surface area (Å²) in [6, 6.07) is 6.26. The van der Waals surface area contributed by atoms with E-state index in [1.54, 1.807) is 0 Å². The molecule has 116 valence electrons. The Morgan fingerprint density at radius 1 is 1.19 bits per heavy atom. The highest BCUT2D eigenvalue weighted by Crippen LogP contribution is 2.37. The number of halogens is 1. The first-order valence-electron chi connectivity index (χ1n) is 7.80. The summed E-state index contributed by atoms with van der Waals surface area (Å²) in [6.07, 6.45) is 6.87. The van der Waals surface area contributed by atoms with Gasteiger partial charge in [0, 0.05) is 26.3 Å². The predicted molar refractivity (Wildman–Crippen MR) is 91.3 cm³/mol. The van der Waals surface area contributed by atoms with Crippen LogP contribution in [0.4, 0.5) is 5.69 Å². The molecule has 1 unspecified atom stereocenters. The van der Waals surface area contributed by atoms with E-state index in [-0.39, 0.29) is 5.25 Å². The molecule has 2 saturated carbocycles. The van der Waals surface area contributed by atoms with E-state index in [2.05, 4.69) is 28.2 Å². The maximum Gasteiger partial charge on any atom is 0.0755 e. The van der Waals surface area contributed by atoms with Gasteiger partial charge in [-0.3, -0.25) is 0 Å². The molecular weight excluding hydrogens is 348 g/mol. The van der Waals surface area contributed by atoms with Crippen molar-refractivity contribution in [1.29, 1.82) is 4.78 Å². The van der Waals surface area contributed by atoms with Gasteiger partial charge in [-0.05, 0) is 78.6 Å². The predicted octanol–water partition coefficient (Wildman–Crippen LogP) is 5.01. The van der Waals surface area contributed by atoms with E-state index in [4.69, 9.17) is 4.78 Å². The fourth-order valence-electron chi connectivity index (χ4n) is 3.02. The van der Waals surface area contributed by atoms with Crippen LogP contribution in [0.3, 0.4) is 0 Å². The van der Waals surface area contributed by atoms with Crippen molar-refractivity contribution >= 4 is 31.3 Å². The summed E-state index contributed by atoms with van der Waals surface area (Å²) in [5, 5.41) is 3.66. The number of hydrogen-bond donors (Lipinski definition) is 2. The van der Waals surface area contributed by atoms with E-state index in [0.717, 1.165) is 28.9 Å².